The fraction of sp³-hybridized carbons (Fsp3) is 0.667. The van der Waals surface area contributed by atoms with Gasteiger partial charge in [-0.25, -0.2) is 13.4 Å². The molecule has 0 saturated carbocycles. The van der Waals surface area contributed by atoms with E-state index >= 15 is 0 Å². The van der Waals surface area contributed by atoms with Crippen LogP contribution in [0.5, 0.6) is 0 Å². The summed E-state index contributed by atoms with van der Waals surface area (Å²) in [6, 6.07) is 0. The molecule has 1 unspecified atom stereocenters. The van der Waals surface area contributed by atoms with E-state index in [1.807, 2.05) is 0 Å². The number of oxazole rings is 1. The predicted molar refractivity (Wildman–Crippen MR) is 55.3 cm³/mol. The topological polar surface area (TPSA) is 86.2 Å². The van der Waals surface area contributed by atoms with Gasteiger partial charge in [-0.1, -0.05) is 0 Å². The van der Waals surface area contributed by atoms with Crippen molar-refractivity contribution in [2.24, 2.45) is 5.73 Å². The smallest absolute Gasteiger partial charge is 0.198 e. The number of nitrogens with two attached hydrogens (primary N) is 1. The Hall–Kier alpha value is -0.880. The molecule has 1 aromatic heterocycles. The highest BCUT2D eigenvalue weighted by atomic mass is 32.2. The standard InChI is InChI=1S/C9H14N2O3S/c10-3-1-8-5-11-9(14-8)7-2-4-15(12,13)6-7/h5,7H,1-4,6,10H2. The van der Waals surface area contributed by atoms with Crippen molar-refractivity contribution in [1.82, 2.24) is 4.98 Å². The van der Waals surface area contributed by atoms with Crippen LogP contribution < -0.4 is 5.73 Å². The molecule has 5 nitrogen and oxygen atoms in total. The molecule has 0 radical (unpaired) electrons. The molecule has 84 valence electrons. The van der Waals surface area contributed by atoms with Crippen molar-refractivity contribution in [3.8, 4) is 0 Å². The van der Waals surface area contributed by atoms with Crippen molar-refractivity contribution in [3.63, 3.8) is 0 Å². The first-order valence-corrected chi connectivity index (χ1v) is 6.78. The second-order valence-electron chi connectivity index (χ2n) is 3.80. The zero-order chi connectivity index (χ0) is 10.9. The van der Waals surface area contributed by atoms with Crippen LogP contribution in [0, 0.1) is 0 Å². The van der Waals surface area contributed by atoms with E-state index in [0.717, 1.165) is 5.76 Å². The molecular weight excluding hydrogens is 216 g/mol. The Bertz CT molecular complexity index is 438. The molecule has 2 N–H and O–H groups in total. The second-order valence-corrected chi connectivity index (χ2v) is 6.03. The maximum atomic E-state index is 11.3. The van der Waals surface area contributed by atoms with E-state index in [1.165, 1.54) is 0 Å². The predicted octanol–water partition coefficient (Wildman–Crippen LogP) is 0.0779. The van der Waals surface area contributed by atoms with Crippen LogP contribution in [-0.4, -0.2) is 31.5 Å². The Kier molecular flexibility index (Phi) is 2.79. The Morgan fingerprint density at radius 2 is 2.40 bits per heavy atom. The van der Waals surface area contributed by atoms with Gasteiger partial charge in [0.2, 0.25) is 0 Å². The molecule has 0 spiro atoms. The number of nitrogens with zero attached hydrogens (tertiary/aromatic N) is 1. The minimum absolute atomic E-state index is 0.0680. The van der Waals surface area contributed by atoms with Crippen LogP contribution in [0.25, 0.3) is 0 Å². The maximum absolute atomic E-state index is 11.3. The first-order chi connectivity index (χ1) is 7.11. The lowest BCUT2D eigenvalue weighted by Crippen LogP contribution is -2.04. The van der Waals surface area contributed by atoms with Gasteiger partial charge in [0.05, 0.1) is 23.6 Å². The van der Waals surface area contributed by atoms with Gasteiger partial charge in [-0.15, -0.1) is 0 Å². The quantitative estimate of drug-likeness (QED) is 0.794. The van der Waals surface area contributed by atoms with E-state index < -0.39 is 9.84 Å². The summed E-state index contributed by atoms with van der Waals surface area (Å²) >= 11 is 0. The highest BCUT2D eigenvalue weighted by molar-refractivity contribution is 7.91. The fourth-order valence-electron chi connectivity index (χ4n) is 1.76. The molecule has 6 heteroatoms. The van der Waals surface area contributed by atoms with E-state index in [1.54, 1.807) is 6.20 Å². The molecule has 0 aliphatic carbocycles. The van der Waals surface area contributed by atoms with E-state index in [4.69, 9.17) is 10.2 Å². The molecule has 1 fully saturated rings. The summed E-state index contributed by atoms with van der Waals surface area (Å²) < 4.78 is 28.0. The minimum atomic E-state index is -2.87. The summed E-state index contributed by atoms with van der Waals surface area (Å²) in [5, 5.41) is 0. The Labute approximate surface area is 88.6 Å². The molecule has 2 rings (SSSR count). The van der Waals surface area contributed by atoms with Crippen LogP contribution in [0.3, 0.4) is 0 Å². The van der Waals surface area contributed by atoms with Gasteiger partial charge in [0, 0.05) is 6.42 Å². The summed E-state index contributed by atoms with van der Waals surface area (Å²) in [7, 11) is -2.87. The van der Waals surface area contributed by atoms with Crippen molar-refractivity contribution in [2.75, 3.05) is 18.1 Å². The third kappa shape index (κ3) is 2.38. The van der Waals surface area contributed by atoms with Crippen LogP contribution in [-0.2, 0) is 16.3 Å². The lowest BCUT2D eigenvalue weighted by atomic mass is 10.1. The van der Waals surface area contributed by atoms with Gasteiger partial charge in [0.25, 0.3) is 0 Å². The van der Waals surface area contributed by atoms with Crippen molar-refractivity contribution in [1.29, 1.82) is 0 Å². The van der Waals surface area contributed by atoms with Gasteiger partial charge in [0.1, 0.15) is 5.76 Å². The van der Waals surface area contributed by atoms with Crippen molar-refractivity contribution in [2.45, 2.75) is 18.8 Å². The summed E-state index contributed by atoms with van der Waals surface area (Å²) in [5.74, 6) is 1.61. The molecule has 2 heterocycles. The van der Waals surface area contributed by atoms with Crippen LogP contribution in [0.1, 0.15) is 24.0 Å². The second kappa shape index (κ2) is 3.94. The third-order valence-corrected chi connectivity index (χ3v) is 4.31. The van der Waals surface area contributed by atoms with Gasteiger partial charge in [-0.3, -0.25) is 0 Å². The number of rotatable bonds is 3. The molecule has 1 atom stereocenters. The zero-order valence-corrected chi connectivity index (χ0v) is 9.16. The Morgan fingerprint density at radius 1 is 1.60 bits per heavy atom. The largest absolute Gasteiger partial charge is 0.445 e. The highest BCUT2D eigenvalue weighted by Gasteiger charge is 2.32. The van der Waals surface area contributed by atoms with Gasteiger partial charge in [-0.05, 0) is 13.0 Å². The van der Waals surface area contributed by atoms with Crippen LogP contribution in [0.15, 0.2) is 10.6 Å². The van der Waals surface area contributed by atoms with Gasteiger partial charge >= 0.3 is 0 Å². The minimum Gasteiger partial charge on any atom is -0.445 e. The molecule has 15 heavy (non-hydrogen) atoms. The molecule has 1 aromatic rings. The number of sulfone groups is 1. The van der Waals surface area contributed by atoms with Crippen LogP contribution in [0.4, 0.5) is 0 Å². The molecule has 0 aromatic carbocycles. The monoisotopic (exact) mass is 230 g/mol. The lowest BCUT2D eigenvalue weighted by molar-refractivity contribution is 0.429. The van der Waals surface area contributed by atoms with Gasteiger partial charge in [-0.2, -0.15) is 0 Å². The van der Waals surface area contributed by atoms with Crippen molar-refractivity contribution in [3.05, 3.63) is 17.8 Å². The van der Waals surface area contributed by atoms with E-state index in [2.05, 4.69) is 4.98 Å². The van der Waals surface area contributed by atoms with E-state index in [0.29, 0.717) is 25.3 Å². The van der Waals surface area contributed by atoms with E-state index in [9.17, 15) is 8.42 Å². The SMILES string of the molecule is NCCc1cnc(C2CCS(=O)(=O)C2)o1. The summed E-state index contributed by atoms with van der Waals surface area (Å²) in [6.45, 7) is 0.512. The average molecular weight is 230 g/mol. The highest BCUT2D eigenvalue weighted by Crippen LogP contribution is 2.28. The molecular formula is C9H14N2O3S. The number of hydrogen-bond acceptors (Lipinski definition) is 5. The van der Waals surface area contributed by atoms with Crippen molar-refractivity contribution < 1.29 is 12.8 Å². The fourth-order valence-corrected chi connectivity index (χ4v) is 3.49. The number of aromatic nitrogens is 1. The van der Waals surface area contributed by atoms with Gasteiger partial charge in [0.15, 0.2) is 15.7 Å². The van der Waals surface area contributed by atoms with Gasteiger partial charge < -0.3 is 10.2 Å². The third-order valence-electron chi connectivity index (χ3n) is 2.54. The lowest BCUT2D eigenvalue weighted by Gasteiger charge is -2.00. The molecule has 1 saturated heterocycles. The van der Waals surface area contributed by atoms with Crippen LogP contribution in [0.2, 0.25) is 0 Å². The number of hydrogen-bond donors (Lipinski definition) is 1. The normalized spacial score (nSPS) is 24.5. The van der Waals surface area contributed by atoms with Crippen molar-refractivity contribution >= 4 is 9.84 Å². The molecule has 1 aliphatic heterocycles. The molecule has 1 aliphatic rings. The first-order valence-electron chi connectivity index (χ1n) is 4.96. The summed E-state index contributed by atoms with van der Waals surface area (Å²) in [6.07, 6.45) is 2.89. The average Bonchev–Trinajstić information content (AvgIpc) is 2.73. The Balaban J connectivity index is 2.10. The van der Waals surface area contributed by atoms with Crippen LogP contribution >= 0.6 is 0 Å². The summed E-state index contributed by atoms with van der Waals surface area (Å²) in [5.41, 5.74) is 5.38. The Morgan fingerprint density at radius 3 is 3.00 bits per heavy atom. The first kappa shape index (κ1) is 10.6. The summed E-state index contributed by atoms with van der Waals surface area (Å²) in [4.78, 5) is 4.10. The maximum Gasteiger partial charge on any atom is 0.198 e. The zero-order valence-electron chi connectivity index (χ0n) is 8.35. The molecule has 0 bridgehead atoms. The molecule has 0 amide bonds. The van der Waals surface area contributed by atoms with E-state index in [-0.39, 0.29) is 17.4 Å².